The average molecular weight is 254 g/mol. The van der Waals surface area contributed by atoms with Crippen LogP contribution >= 0.6 is 0 Å². The summed E-state index contributed by atoms with van der Waals surface area (Å²) in [7, 11) is 0. The molecule has 0 saturated carbocycles. The number of aromatic nitrogens is 2. The molecule has 2 N–H and O–H groups in total. The first-order valence-electron chi connectivity index (χ1n) is 6.18. The van der Waals surface area contributed by atoms with Crippen molar-refractivity contribution in [3.8, 4) is 0 Å². The molecule has 1 aromatic heterocycles. The Kier molecular flexibility index (Phi) is 3.68. The fourth-order valence-electron chi connectivity index (χ4n) is 2.23. The van der Waals surface area contributed by atoms with E-state index in [0.29, 0.717) is 12.0 Å². The van der Waals surface area contributed by atoms with Gasteiger partial charge in [0.25, 0.3) is 5.56 Å². The van der Waals surface area contributed by atoms with Gasteiger partial charge in [0.15, 0.2) is 0 Å². The summed E-state index contributed by atoms with van der Waals surface area (Å²) in [6.07, 6.45) is 2.22. The van der Waals surface area contributed by atoms with Crippen LogP contribution in [-0.2, 0) is 4.74 Å². The van der Waals surface area contributed by atoms with Crippen LogP contribution in [0.5, 0.6) is 0 Å². The maximum absolute atomic E-state index is 11.7. The summed E-state index contributed by atoms with van der Waals surface area (Å²) < 4.78 is 7.01. The summed E-state index contributed by atoms with van der Waals surface area (Å²) in [5.41, 5.74) is -0.438. The van der Waals surface area contributed by atoms with E-state index in [-0.39, 0.29) is 11.7 Å². The molecule has 0 bridgehead atoms. The van der Waals surface area contributed by atoms with Crippen molar-refractivity contribution in [3.63, 3.8) is 0 Å². The molecule has 0 aromatic carbocycles. The topological polar surface area (TPSA) is 84.3 Å². The molecule has 0 aliphatic carbocycles. The molecule has 2 rings (SSSR count). The lowest BCUT2D eigenvalue weighted by molar-refractivity contribution is -0.0245. The highest BCUT2D eigenvalue weighted by molar-refractivity contribution is 5.02. The third kappa shape index (κ3) is 2.39. The van der Waals surface area contributed by atoms with Crippen LogP contribution in [0.2, 0.25) is 0 Å². The molecular formula is C12H18N2O4. The molecule has 3 unspecified atom stereocenters. The van der Waals surface area contributed by atoms with Gasteiger partial charge in [-0.3, -0.25) is 14.3 Å². The van der Waals surface area contributed by atoms with Gasteiger partial charge in [0.05, 0.1) is 12.2 Å². The van der Waals surface area contributed by atoms with Crippen LogP contribution < -0.4 is 11.2 Å². The van der Waals surface area contributed by atoms with Crippen molar-refractivity contribution in [2.24, 2.45) is 0 Å². The Balaban J connectivity index is 2.26. The second-order valence-electron chi connectivity index (χ2n) is 4.70. The van der Waals surface area contributed by atoms with Crippen LogP contribution in [0, 0.1) is 6.92 Å². The zero-order valence-electron chi connectivity index (χ0n) is 10.5. The summed E-state index contributed by atoms with van der Waals surface area (Å²) in [5.74, 6) is 0. The van der Waals surface area contributed by atoms with Crippen molar-refractivity contribution >= 4 is 0 Å². The summed E-state index contributed by atoms with van der Waals surface area (Å²) in [6.45, 7) is 3.64. The van der Waals surface area contributed by atoms with E-state index in [0.717, 1.165) is 12.8 Å². The molecule has 0 radical (unpaired) electrons. The SMILES string of the molecule is CCCC1OC(n2cc(C)c(=O)[nH]c2=O)CC1O. The summed E-state index contributed by atoms with van der Waals surface area (Å²) in [4.78, 5) is 25.2. The monoisotopic (exact) mass is 254 g/mol. The number of aryl methyl sites for hydroxylation is 1. The number of ether oxygens (including phenoxy) is 1. The van der Waals surface area contributed by atoms with E-state index in [2.05, 4.69) is 4.98 Å². The van der Waals surface area contributed by atoms with Crippen LogP contribution in [0.25, 0.3) is 0 Å². The van der Waals surface area contributed by atoms with Gasteiger partial charge >= 0.3 is 5.69 Å². The maximum atomic E-state index is 11.7. The molecule has 2 heterocycles. The molecule has 0 amide bonds. The van der Waals surface area contributed by atoms with Gasteiger partial charge in [0.1, 0.15) is 6.23 Å². The first-order valence-corrected chi connectivity index (χ1v) is 6.18. The number of H-pyrrole nitrogens is 1. The Morgan fingerprint density at radius 1 is 1.56 bits per heavy atom. The van der Waals surface area contributed by atoms with E-state index in [1.165, 1.54) is 10.8 Å². The molecular weight excluding hydrogens is 236 g/mol. The van der Waals surface area contributed by atoms with Gasteiger partial charge in [0, 0.05) is 18.2 Å². The van der Waals surface area contributed by atoms with Crippen molar-refractivity contribution in [2.75, 3.05) is 0 Å². The Labute approximate surface area is 104 Å². The van der Waals surface area contributed by atoms with E-state index in [4.69, 9.17) is 4.74 Å². The number of hydrogen-bond acceptors (Lipinski definition) is 4. The van der Waals surface area contributed by atoms with Gasteiger partial charge in [-0.1, -0.05) is 13.3 Å². The molecule has 1 aliphatic heterocycles. The van der Waals surface area contributed by atoms with E-state index < -0.39 is 18.0 Å². The van der Waals surface area contributed by atoms with Gasteiger partial charge in [-0.05, 0) is 13.3 Å². The first kappa shape index (κ1) is 13.0. The number of aliphatic hydroxyl groups excluding tert-OH is 1. The van der Waals surface area contributed by atoms with Crippen LogP contribution in [0.3, 0.4) is 0 Å². The molecule has 1 aliphatic rings. The fourth-order valence-corrected chi connectivity index (χ4v) is 2.23. The lowest BCUT2D eigenvalue weighted by Gasteiger charge is -2.15. The van der Waals surface area contributed by atoms with E-state index >= 15 is 0 Å². The summed E-state index contributed by atoms with van der Waals surface area (Å²) >= 11 is 0. The first-order chi connectivity index (χ1) is 8.52. The highest BCUT2D eigenvalue weighted by Crippen LogP contribution is 2.29. The highest BCUT2D eigenvalue weighted by Gasteiger charge is 2.34. The molecule has 0 spiro atoms. The third-order valence-electron chi connectivity index (χ3n) is 3.23. The maximum Gasteiger partial charge on any atom is 0.330 e. The zero-order valence-corrected chi connectivity index (χ0v) is 10.5. The third-order valence-corrected chi connectivity index (χ3v) is 3.23. The van der Waals surface area contributed by atoms with E-state index in [1.807, 2.05) is 6.92 Å². The van der Waals surface area contributed by atoms with Crippen LogP contribution in [0.15, 0.2) is 15.8 Å². The van der Waals surface area contributed by atoms with E-state index in [1.54, 1.807) is 6.92 Å². The molecule has 6 nitrogen and oxygen atoms in total. The van der Waals surface area contributed by atoms with Crippen LogP contribution in [0.4, 0.5) is 0 Å². The predicted molar refractivity (Wildman–Crippen MR) is 65.5 cm³/mol. The van der Waals surface area contributed by atoms with Gasteiger partial charge in [-0.15, -0.1) is 0 Å². The smallest absolute Gasteiger partial charge is 0.330 e. The lowest BCUT2D eigenvalue weighted by atomic mass is 10.1. The van der Waals surface area contributed by atoms with Gasteiger partial charge in [-0.25, -0.2) is 4.79 Å². The van der Waals surface area contributed by atoms with Crippen LogP contribution in [-0.4, -0.2) is 26.9 Å². The van der Waals surface area contributed by atoms with Gasteiger partial charge in [0.2, 0.25) is 0 Å². The fraction of sp³-hybridized carbons (Fsp3) is 0.667. The second kappa shape index (κ2) is 5.07. The molecule has 100 valence electrons. The van der Waals surface area contributed by atoms with Gasteiger partial charge in [-0.2, -0.15) is 0 Å². The molecule has 6 heteroatoms. The minimum absolute atomic E-state index is 0.237. The molecule has 18 heavy (non-hydrogen) atoms. The number of nitrogens with one attached hydrogen (secondary N) is 1. The lowest BCUT2D eigenvalue weighted by Crippen LogP contribution is -2.33. The van der Waals surface area contributed by atoms with E-state index in [9.17, 15) is 14.7 Å². The second-order valence-corrected chi connectivity index (χ2v) is 4.70. The Hall–Kier alpha value is -1.40. The molecule has 1 saturated heterocycles. The number of aromatic amines is 1. The summed E-state index contributed by atoms with van der Waals surface area (Å²) in [6, 6.07) is 0. The van der Waals surface area contributed by atoms with Crippen molar-refractivity contribution in [1.29, 1.82) is 0 Å². The van der Waals surface area contributed by atoms with Crippen molar-refractivity contribution < 1.29 is 9.84 Å². The largest absolute Gasteiger partial charge is 0.390 e. The van der Waals surface area contributed by atoms with Crippen molar-refractivity contribution in [2.45, 2.75) is 51.5 Å². The zero-order chi connectivity index (χ0) is 13.3. The molecule has 3 atom stereocenters. The number of hydrogen-bond donors (Lipinski definition) is 2. The minimum atomic E-state index is -0.561. The number of rotatable bonds is 3. The van der Waals surface area contributed by atoms with Crippen molar-refractivity contribution in [1.82, 2.24) is 9.55 Å². The normalized spacial score (nSPS) is 27.6. The predicted octanol–water partition coefficient (Wildman–Crippen LogP) is 0.294. The Bertz CT molecular complexity index is 534. The number of nitrogens with zero attached hydrogens (tertiary/aromatic N) is 1. The molecule has 1 fully saturated rings. The molecule has 1 aromatic rings. The quantitative estimate of drug-likeness (QED) is 0.812. The van der Waals surface area contributed by atoms with Crippen LogP contribution in [0.1, 0.15) is 38.0 Å². The Morgan fingerprint density at radius 3 is 2.94 bits per heavy atom. The number of aliphatic hydroxyl groups is 1. The minimum Gasteiger partial charge on any atom is -0.390 e. The average Bonchev–Trinajstić information content (AvgIpc) is 2.66. The highest BCUT2D eigenvalue weighted by atomic mass is 16.5. The van der Waals surface area contributed by atoms with Crippen molar-refractivity contribution in [3.05, 3.63) is 32.6 Å². The Morgan fingerprint density at radius 2 is 2.28 bits per heavy atom. The summed E-state index contributed by atoms with van der Waals surface area (Å²) in [5, 5.41) is 9.85. The van der Waals surface area contributed by atoms with Gasteiger partial charge < -0.3 is 9.84 Å². The standard InChI is InChI=1S/C12H18N2O4/c1-3-4-9-8(15)5-10(18-9)14-6-7(2)11(16)13-12(14)17/h6,8-10,15H,3-5H2,1-2H3,(H,13,16,17).